The molecule has 3 N–H and O–H groups in total. The molecule has 88 valence electrons. The molecular weight excluding hydrogens is 236 g/mol. The van der Waals surface area contributed by atoms with Crippen LogP contribution in [0.15, 0.2) is 6.07 Å². The first-order valence-corrected chi connectivity index (χ1v) is 4.74. The Hall–Kier alpha value is -1.46. The van der Waals surface area contributed by atoms with Gasteiger partial charge in [-0.25, -0.2) is 4.79 Å². The molecule has 0 aromatic heterocycles. The third-order valence-electron chi connectivity index (χ3n) is 2.15. The van der Waals surface area contributed by atoms with Gasteiger partial charge < -0.3 is 20.1 Å². The smallest absolute Gasteiger partial charge is 0.337 e. The Balaban J connectivity index is 3.47. The predicted molar refractivity (Wildman–Crippen MR) is 57.0 cm³/mol. The zero-order chi connectivity index (χ0) is 12.5. The van der Waals surface area contributed by atoms with Crippen LogP contribution in [0.4, 0.5) is 0 Å². The van der Waals surface area contributed by atoms with Crippen molar-refractivity contribution in [2.75, 3.05) is 7.11 Å². The highest BCUT2D eigenvalue weighted by atomic mass is 35.5. The number of phenolic OH excluding ortho intramolecular Hbond substituents is 1. The van der Waals surface area contributed by atoms with Crippen LogP contribution >= 0.6 is 11.6 Å². The average Bonchev–Trinajstić information content (AvgIpc) is 2.23. The number of ether oxygens (including phenoxy) is 1. The highest BCUT2D eigenvalue weighted by Gasteiger charge is 2.26. The molecule has 1 rings (SSSR count). The lowest BCUT2D eigenvalue weighted by Crippen LogP contribution is -2.12. The van der Waals surface area contributed by atoms with Crippen molar-refractivity contribution in [3.8, 4) is 11.5 Å². The van der Waals surface area contributed by atoms with Gasteiger partial charge in [-0.05, 0) is 18.6 Å². The van der Waals surface area contributed by atoms with E-state index in [0.717, 1.165) is 0 Å². The average molecular weight is 247 g/mol. The first-order valence-electron chi connectivity index (χ1n) is 4.37. The number of carbonyl (C=O) groups is 1. The second kappa shape index (κ2) is 4.59. The van der Waals surface area contributed by atoms with Gasteiger partial charge in [0.15, 0.2) is 17.6 Å². The Bertz CT molecular complexity index is 430. The number of hydrogen-bond donors (Lipinski definition) is 3. The normalized spacial score (nSPS) is 12.2. The Morgan fingerprint density at radius 3 is 2.56 bits per heavy atom. The van der Waals surface area contributed by atoms with Crippen LogP contribution in [0, 0.1) is 6.92 Å². The number of halogens is 1. The molecule has 0 heterocycles. The number of carboxylic acids is 1. The first-order chi connectivity index (χ1) is 7.40. The Kier molecular flexibility index (Phi) is 3.62. The maximum atomic E-state index is 10.7. The fraction of sp³-hybridized carbons (Fsp3) is 0.300. The molecule has 0 saturated heterocycles. The summed E-state index contributed by atoms with van der Waals surface area (Å²) in [7, 11) is 1.32. The molecule has 5 nitrogen and oxygen atoms in total. The molecular formula is C10H11ClO5. The van der Waals surface area contributed by atoms with E-state index in [1.54, 1.807) is 6.92 Å². The number of aliphatic hydroxyl groups is 1. The minimum absolute atomic E-state index is 0.00759. The number of aromatic hydroxyl groups is 1. The summed E-state index contributed by atoms with van der Waals surface area (Å²) in [5, 5.41) is 27.8. The van der Waals surface area contributed by atoms with Crippen LogP contribution in [0.25, 0.3) is 0 Å². The molecule has 6 heteroatoms. The highest BCUT2D eigenvalue weighted by Crippen LogP contribution is 2.40. The maximum Gasteiger partial charge on any atom is 0.337 e. The van der Waals surface area contributed by atoms with Gasteiger partial charge in [-0.15, -0.1) is 0 Å². The van der Waals surface area contributed by atoms with Crippen LogP contribution in [0.2, 0.25) is 5.02 Å². The van der Waals surface area contributed by atoms with Crippen molar-refractivity contribution < 1.29 is 24.9 Å². The minimum Gasteiger partial charge on any atom is -0.504 e. The summed E-state index contributed by atoms with van der Waals surface area (Å²) in [5.74, 6) is -1.89. The second-order valence-corrected chi connectivity index (χ2v) is 3.59. The molecule has 0 amide bonds. The lowest BCUT2D eigenvalue weighted by Gasteiger charge is -2.15. The number of aryl methyl sites for hydroxylation is 1. The van der Waals surface area contributed by atoms with Gasteiger partial charge in [0.1, 0.15) is 0 Å². The van der Waals surface area contributed by atoms with E-state index in [0.29, 0.717) is 5.56 Å². The number of hydrogen-bond acceptors (Lipinski definition) is 4. The third kappa shape index (κ3) is 2.05. The maximum absolute atomic E-state index is 10.7. The van der Waals surface area contributed by atoms with Crippen LogP contribution in [0.5, 0.6) is 11.5 Å². The van der Waals surface area contributed by atoms with E-state index >= 15 is 0 Å². The first kappa shape index (κ1) is 12.6. The van der Waals surface area contributed by atoms with Crippen molar-refractivity contribution in [3.05, 3.63) is 22.2 Å². The fourth-order valence-electron chi connectivity index (χ4n) is 1.31. The lowest BCUT2D eigenvalue weighted by molar-refractivity contribution is -0.147. The number of benzene rings is 1. The summed E-state index contributed by atoms with van der Waals surface area (Å²) >= 11 is 5.83. The molecule has 0 bridgehead atoms. The van der Waals surface area contributed by atoms with Gasteiger partial charge in [-0.1, -0.05) is 11.6 Å². The molecule has 0 aliphatic rings. The molecule has 1 aromatic carbocycles. The molecule has 0 saturated carbocycles. The van der Waals surface area contributed by atoms with Crippen molar-refractivity contribution in [1.29, 1.82) is 0 Å². The van der Waals surface area contributed by atoms with E-state index in [1.807, 2.05) is 0 Å². The fourth-order valence-corrected chi connectivity index (χ4v) is 1.55. The lowest BCUT2D eigenvalue weighted by atomic mass is 10.0. The molecule has 1 atom stereocenters. The molecule has 0 aliphatic carbocycles. The topological polar surface area (TPSA) is 87.0 Å². The van der Waals surface area contributed by atoms with Gasteiger partial charge in [0, 0.05) is 0 Å². The quantitative estimate of drug-likeness (QED) is 0.752. The van der Waals surface area contributed by atoms with E-state index in [1.165, 1.54) is 13.2 Å². The van der Waals surface area contributed by atoms with Gasteiger partial charge in [0.25, 0.3) is 0 Å². The van der Waals surface area contributed by atoms with Gasteiger partial charge in [-0.2, -0.15) is 0 Å². The summed E-state index contributed by atoms with van der Waals surface area (Å²) in [6, 6.07) is 1.45. The number of carboxylic acid groups (broad SMARTS) is 1. The van der Waals surface area contributed by atoms with E-state index in [-0.39, 0.29) is 16.3 Å². The van der Waals surface area contributed by atoms with E-state index in [4.69, 9.17) is 21.4 Å². The third-order valence-corrected chi connectivity index (χ3v) is 2.65. The molecule has 1 aromatic rings. The van der Waals surface area contributed by atoms with E-state index in [9.17, 15) is 15.0 Å². The predicted octanol–water partition coefficient (Wildman–Crippen LogP) is 1.48. The van der Waals surface area contributed by atoms with Crippen molar-refractivity contribution in [1.82, 2.24) is 0 Å². The zero-order valence-electron chi connectivity index (χ0n) is 8.69. The molecule has 0 spiro atoms. The van der Waals surface area contributed by atoms with Crippen LogP contribution in [-0.4, -0.2) is 28.4 Å². The van der Waals surface area contributed by atoms with Crippen molar-refractivity contribution in [3.63, 3.8) is 0 Å². The van der Waals surface area contributed by atoms with Gasteiger partial charge >= 0.3 is 5.97 Å². The van der Waals surface area contributed by atoms with Gasteiger partial charge in [0.2, 0.25) is 0 Å². The van der Waals surface area contributed by atoms with Crippen molar-refractivity contribution in [2.24, 2.45) is 0 Å². The number of aliphatic hydroxyl groups excluding tert-OH is 1. The van der Waals surface area contributed by atoms with Crippen LogP contribution in [0.3, 0.4) is 0 Å². The summed E-state index contributed by atoms with van der Waals surface area (Å²) in [6.45, 7) is 1.61. The Morgan fingerprint density at radius 1 is 1.56 bits per heavy atom. The highest BCUT2D eigenvalue weighted by molar-refractivity contribution is 6.32. The van der Waals surface area contributed by atoms with Crippen molar-refractivity contribution in [2.45, 2.75) is 13.0 Å². The van der Waals surface area contributed by atoms with Crippen LogP contribution < -0.4 is 4.74 Å². The molecule has 16 heavy (non-hydrogen) atoms. The number of phenols is 1. The van der Waals surface area contributed by atoms with Crippen LogP contribution in [-0.2, 0) is 4.79 Å². The van der Waals surface area contributed by atoms with Gasteiger partial charge in [-0.3, -0.25) is 0 Å². The minimum atomic E-state index is -1.89. The number of rotatable bonds is 3. The zero-order valence-corrected chi connectivity index (χ0v) is 9.45. The summed E-state index contributed by atoms with van der Waals surface area (Å²) in [6.07, 6.45) is -1.89. The SMILES string of the molecule is COc1cc(C)c(Cl)c(C(O)C(=O)O)c1O. The van der Waals surface area contributed by atoms with Crippen LogP contribution in [0.1, 0.15) is 17.2 Å². The monoisotopic (exact) mass is 246 g/mol. The summed E-state index contributed by atoms with van der Waals surface area (Å²) in [5.41, 5.74) is 0.248. The second-order valence-electron chi connectivity index (χ2n) is 3.21. The number of methoxy groups -OCH3 is 1. The molecule has 0 fully saturated rings. The van der Waals surface area contributed by atoms with Gasteiger partial charge in [0.05, 0.1) is 17.7 Å². The van der Waals surface area contributed by atoms with E-state index < -0.39 is 17.8 Å². The molecule has 0 radical (unpaired) electrons. The number of aliphatic carboxylic acids is 1. The summed E-state index contributed by atoms with van der Waals surface area (Å²) in [4.78, 5) is 10.7. The molecule has 1 unspecified atom stereocenters. The molecule has 0 aliphatic heterocycles. The van der Waals surface area contributed by atoms with Crippen molar-refractivity contribution >= 4 is 17.6 Å². The summed E-state index contributed by atoms with van der Waals surface area (Å²) < 4.78 is 4.84. The Labute approximate surface area is 96.9 Å². The standard InChI is InChI=1S/C10H11ClO5/c1-4-3-5(16-2)8(12)6(7(4)11)9(13)10(14)15/h3,9,12-13H,1-2H3,(H,14,15). The van der Waals surface area contributed by atoms with E-state index in [2.05, 4.69) is 0 Å². The largest absolute Gasteiger partial charge is 0.504 e. The Morgan fingerprint density at radius 2 is 2.12 bits per heavy atom.